The lowest BCUT2D eigenvalue weighted by molar-refractivity contribution is -0.139. The van der Waals surface area contributed by atoms with E-state index in [9.17, 15) is 14.7 Å². The summed E-state index contributed by atoms with van der Waals surface area (Å²) >= 11 is 12.2. The average molecular weight is 505 g/mol. The molecule has 2 aliphatic rings. The molecule has 1 aromatic carbocycles. The number of amides is 1. The molecule has 0 aliphatic carbocycles. The Kier molecular flexibility index (Phi) is 8.29. The number of hydrogen-bond acceptors (Lipinski definition) is 5. The number of aryl methyl sites for hydroxylation is 2. The van der Waals surface area contributed by atoms with Crippen LogP contribution in [0.1, 0.15) is 47.3 Å². The first-order valence-electron chi connectivity index (χ1n) is 11.8. The molecule has 182 valence electrons. The molecule has 0 bridgehead atoms. The molecule has 9 heteroatoms. The summed E-state index contributed by atoms with van der Waals surface area (Å²) < 4.78 is 0. The molecule has 2 aliphatic heterocycles. The third-order valence-electron chi connectivity index (χ3n) is 6.66. The van der Waals surface area contributed by atoms with Gasteiger partial charge in [0, 0.05) is 25.3 Å². The van der Waals surface area contributed by atoms with Gasteiger partial charge in [-0.1, -0.05) is 35.3 Å². The molecule has 3 N–H and O–H groups in total. The van der Waals surface area contributed by atoms with E-state index in [2.05, 4.69) is 27.7 Å². The van der Waals surface area contributed by atoms with Crippen molar-refractivity contribution in [3.05, 3.63) is 57.2 Å². The number of halogens is 2. The number of carbonyl (C=O) groups is 2. The highest BCUT2D eigenvalue weighted by atomic mass is 35.5. The van der Waals surface area contributed by atoms with Crippen LogP contribution in [0.15, 0.2) is 30.3 Å². The van der Waals surface area contributed by atoms with E-state index in [1.54, 1.807) is 18.2 Å². The standard InChI is InChI=1S/C25H30Cl2N4O3/c26-19-4-1-5-20(27)22(19)24(32)30-21(25(33)34)11-14-31-13-10-16(15-31)6-8-18-9-7-17-3-2-12-28-23(17)29-18/h1,4-5,7,9,16,21H,2-3,6,8,10-15H2,(H,28,29)(H,30,32)(H,33,34)/t16-,21+/m1/s1. The third-order valence-corrected chi connectivity index (χ3v) is 7.29. The first kappa shape index (κ1) is 24.8. The lowest BCUT2D eigenvalue weighted by atomic mass is 10.00. The van der Waals surface area contributed by atoms with Gasteiger partial charge < -0.3 is 20.6 Å². The highest BCUT2D eigenvalue weighted by Gasteiger charge is 2.27. The third kappa shape index (κ3) is 6.20. The number of carbonyl (C=O) groups excluding carboxylic acids is 1. The van der Waals surface area contributed by atoms with Crippen LogP contribution in [0, 0.1) is 5.92 Å². The van der Waals surface area contributed by atoms with Gasteiger partial charge in [-0.15, -0.1) is 0 Å². The number of carboxylic acids is 1. The van der Waals surface area contributed by atoms with E-state index in [1.165, 1.54) is 5.56 Å². The van der Waals surface area contributed by atoms with Crippen molar-refractivity contribution in [1.29, 1.82) is 0 Å². The number of fused-ring (bicyclic) bond motifs is 1. The Bertz CT molecular complexity index is 1030. The molecule has 7 nitrogen and oxygen atoms in total. The van der Waals surface area contributed by atoms with E-state index in [-0.39, 0.29) is 15.6 Å². The number of anilines is 1. The van der Waals surface area contributed by atoms with Crippen molar-refractivity contribution in [1.82, 2.24) is 15.2 Å². The Hall–Kier alpha value is -2.35. The van der Waals surface area contributed by atoms with Crippen LogP contribution in [-0.4, -0.2) is 59.1 Å². The fraction of sp³-hybridized carbons (Fsp3) is 0.480. The second kappa shape index (κ2) is 11.4. The van der Waals surface area contributed by atoms with Crippen molar-refractivity contribution >= 4 is 40.9 Å². The average Bonchev–Trinajstić information content (AvgIpc) is 3.28. The van der Waals surface area contributed by atoms with Crippen molar-refractivity contribution in [2.75, 3.05) is 31.5 Å². The Labute approximate surface area is 209 Å². The number of hydrogen-bond donors (Lipinski definition) is 3. The zero-order valence-corrected chi connectivity index (χ0v) is 20.5. The van der Waals surface area contributed by atoms with Crippen molar-refractivity contribution in [3.63, 3.8) is 0 Å². The van der Waals surface area contributed by atoms with E-state index in [4.69, 9.17) is 28.2 Å². The van der Waals surface area contributed by atoms with Crippen LogP contribution in [0.25, 0.3) is 0 Å². The fourth-order valence-electron chi connectivity index (χ4n) is 4.73. The summed E-state index contributed by atoms with van der Waals surface area (Å²) in [6.45, 7) is 3.45. The number of aromatic nitrogens is 1. The first-order valence-corrected chi connectivity index (χ1v) is 12.6. The molecule has 0 spiro atoms. The molecule has 1 aromatic heterocycles. The summed E-state index contributed by atoms with van der Waals surface area (Å²) in [6.07, 6.45) is 5.66. The molecule has 2 atom stereocenters. The minimum absolute atomic E-state index is 0.101. The summed E-state index contributed by atoms with van der Waals surface area (Å²) in [6, 6.07) is 8.08. The number of carboxylic acid groups (broad SMARTS) is 1. The van der Waals surface area contributed by atoms with Gasteiger partial charge in [-0.3, -0.25) is 4.79 Å². The van der Waals surface area contributed by atoms with E-state index in [1.807, 2.05) is 0 Å². The minimum atomic E-state index is -1.07. The van der Waals surface area contributed by atoms with Crippen LogP contribution in [0.5, 0.6) is 0 Å². The van der Waals surface area contributed by atoms with E-state index in [0.29, 0.717) is 18.9 Å². The van der Waals surface area contributed by atoms with E-state index < -0.39 is 17.9 Å². The number of nitrogens with zero attached hydrogens (tertiary/aromatic N) is 2. The van der Waals surface area contributed by atoms with Crippen LogP contribution >= 0.6 is 23.2 Å². The van der Waals surface area contributed by atoms with Gasteiger partial charge >= 0.3 is 5.97 Å². The highest BCUT2D eigenvalue weighted by molar-refractivity contribution is 6.39. The van der Waals surface area contributed by atoms with Crippen LogP contribution in [0.3, 0.4) is 0 Å². The molecule has 0 radical (unpaired) electrons. The summed E-state index contributed by atoms with van der Waals surface area (Å²) in [5.41, 5.74) is 2.53. The molecule has 0 unspecified atom stereocenters. The number of likely N-dealkylation sites (tertiary alicyclic amines) is 1. The molecule has 2 aromatic rings. The Morgan fingerprint density at radius 2 is 2.03 bits per heavy atom. The van der Waals surface area contributed by atoms with E-state index in [0.717, 1.165) is 63.3 Å². The maximum Gasteiger partial charge on any atom is 0.326 e. The normalized spacial score (nSPS) is 18.7. The van der Waals surface area contributed by atoms with E-state index >= 15 is 0 Å². The van der Waals surface area contributed by atoms with Crippen LogP contribution in [0.4, 0.5) is 5.82 Å². The Balaban J connectivity index is 1.24. The van der Waals surface area contributed by atoms with Gasteiger partial charge in [0.25, 0.3) is 5.91 Å². The molecule has 3 heterocycles. The number of nitrogens with one attached hydrogen (secondary N) is 2. The molecular weight excluding hydrogens is 475 g/mol. The summed E-state index contributed by atoms with van der Waals surface area (Å²) in [5, 5.41) is 16.0. The van der Waals surface area contributed by atoms with Gasteiger partial charge in [-0.05, 0) is 74.8 Å². The lowest BCUT2D eigenvalue weighted by Crippen LogP contribution is -2.43. The molecule has 1 amide bonds. The van der Waals surface area contributed by atoms with Crippen LogP contribution in [0.2, 0.25) is 10.0 Å². The van der Waals surface area contributed by atoms with Crippen molar-refractivity contribution in [3.8, 4) is 0 Å². The second-order valence-corrected chi connectivity index (χ2v) is 9.90. The quantitative estimate of drug-likeness (QED) is 0.471. The number of rotatable bonds is 9. The van der Waals surface area contributed by atoms with Gasteiger partial charge in [-0.25, -0.2) is 9.78 Å². The van der Waals surface area contributed by atoms with Gasteiger partial charge in [0.05, 0.1) is 15.6 Å². The number of benzene rings is 1. The molecular formula is C25H30Cl2N4O3. The zero-order valence-electron chi connectivity index (χ0n) is 19.0. The lowest BCUT2D eigenvalue weighted by Gasteiger charge is -2.20. The second-order valence-electron chi connectivity index (χ2n) is 9.08. The molecule has 1 saturated heterocycles. The minimum Gasteiger partial charge on any atom is -0.480 e. The first-order chi connectivity index (χ1) is 16.4. The maximum absolute atomic E-state index is 12.6. The SMILES string of the molecule is O=C(N[C@@H](CCN1CC[C@@H](CCc2ccc3c(n2)NCCC3)C1)C(=O)O)c1c(Cl)cccc1Cl. The van der Waals surface area contributed by atoms with Crippen LogP contribution < -0.4 is 10.6 Å². The molecule has 34 heavy (non-hydrogen) atoms. The smallest absolute Gasteiger partial charge is 0.326 e. The Morgan fingerprint density at radius 1 is 1.24 bits per heavy atom. The van der Waals surface area contributed by atoms with Gasteiger partial charge in [-0.2, -0.15) is 0 Å². The highest BCUT2D eigenvalue weighted by Crippen LogP contribution is 2.26. The predicted molar refractivity (Wildman–Crippen MR) is 134 cm³/mol. The van der Waals surface area contributed by atoms with Crippen molar-refractivity contribution < 1.29 is 14.7 Å². The van der Waals surface area contributed by atoms with Crippen molar-refractivity contribution in [2.24, 2.45) is 5.92 Å². The van der Waals surface area contributed by atoms with Gasteiger partial charge in [0.2, 0.25) is 0 Å². The molecule has 1 fully saturated rings. The summed E-state index contributed by atoms with van der Waals surface area (Å²) in [7, 11) is 0. The largest absolute Gasteiger partial charge is 0.480 e. The van der Waals surface area contributed by atoms with Crippen LogP contribution in [-0.2, 0) is 17.6 Å². The van der Waals surface area contributed by atoms with Crippen molar-refractivity contribution in [2.45, 2.75) is 44.6 Å². The molecule has 0 saturated carbocycles. The molecule has 4 rings (SSSR count). The topological polar surface area (TPSA) is 94.6 Å². The summed E-state index contributed by atoms with van der Waals surface area (Å²) in [5.74, 6) is -0.0454. The van der Waals surface area contributed by atoms with Gasteiger partial charge in [0.15, 0.2) is 0 Å². The Morgan fingerprint density at radius 3 is 2.79 bits per heavy atom. The number of pyridine rings is 1. The zero-order chi connectivity index (χ0) is 24.1. The fourth-order valence-corrected chi connectivity index (χ4v) is 5.29. The van der Waals surface area contributed by atoms with Gasteiger partial charge in [0.1, 0.15) is 11.9 Å². The summed E-state index contributed by atoms with van der Waals surface area (Å²) in [4.78, 5) is 31.4. The predicted octanol–water partition coefficient (Wildman–Crippen LogP) is 4.27. The maximum atomic E-state index is 12.6. The monoisotopic (exact) mass is 504 g/mol. The number of aliphatic carboxylic acids is 1.